The summed E-state index contributed by atoms with van der Waals surface area (Å²) in [4.78, 5) is 4.60. The van der Waals surface area contributed by atoms with E-state index in [1.165, 1.54) is 0 Å². The van der Waals surface area contributed by atoms with Crippen LogP contribution in [-0.4, -0.2) is 42.4 Å². The number of rotatable bonds is 5. The van der Waals surface area contributed by atoms with E-state index < -0.39 is 0 Å². The molecule has 0 amide bonds. The zero-order valence-electron chi connectivity index (χ0n) is 10.3. The Morgan fingerprint density at radius 2 is 2.50 bits per heavy atom. The molecular formula is C12H17N3O2S. The maximum atomic E-state index is 5.53. The summed E-state index contributed by atoms with van der Waals surface area (Å²) in [6, 6.07) is 3.70. The Balaban J connectivity index is 1.95. The van der Waals surface area contributed by atoms with Gasteiger partial charge in [-0.1, -0.05) is 12.2 Å². The van der Waals surface area contributed by atoms with Gasteiger partial charge in [0, 0.05) is 38.4 Å². The summed E-state index contributed by atoms with van der Waals surface area (Å²) in [6.45, 7) is 2.02. The van der Waals surface area contributed by atoms with Gasteiger partial charge in [0.2, 0.25) is 0 Å². The maximum Gasteiger partial charge on any atom is 0.126 e. The summed E-state index contributed by atoms with van der Waals surface area (Å²) >= 11 is 4.87. The van der Waals surface area contributed by atoms with Crippen LogP contribution in [0.4, 0.5) is 5.82 Å². The summed E-state index contributed by atoms with van der Waals surface area (Å²) in [6.07, 6.45) is 2.55. The van der Waals surface area contributed by atoms with Crippen molar-refractivity contribution in [3.8, 4) is 0 Å². The van der Waals surface area contributed by atoms with Crippen LogP contribution < -0.4 is 11.1 Å². The molecule has 5 nitrogen and oxygen atoms in total. The first-order valence-electron chi connectivity index (χ1n) is 5.78. The average Bonchev–Trinajstić information content (AvgIpc) is 2.86. The Hall–Kier alpha value is -1.24. The number of anilines is 1. The molecule has 6 heteroatoms. The van der Waals surface area contributed by atoms with Gasteiger partial charge in [-0.25, -0.2) is 4.98 Å². The number of nitrogens with one attached hydrogen (secondary N) is 1. The van der Waals surface area contributed by atoms with Crippen LogP contribution in [0.2, 0.25) is 0 Å². The Morgan fingerprint density at radius 1 is 1.67 bits per heavy atom. The van der Waals surface area contributed by atoms with Gasteiger partial charge in [0.15, 0.2) is 0 Å². The van der Waals surface area contributed by atoms with Crippen molar-refractivity contribution in [1.82, 2.24) is 4.98 Å². The van der Waals surface area contributed by atoms with Crippen LogP contribution in [0, 0.1) is 0 Å². The van der Waals surface area contributed by atoms with Gasteiger partial charge in [0.05, 0.1) is 6.61 Å². The SMILES string of the molecule is COC1(CNc2ccc(C(N)=S)cn2)CCOC1. The Labute approximate surface area is 112 Å². The van der Waals surface area contributed by atoms with Gasteiger partial charge in [-0.05, 0) is 12.1 Å². The third-order valence-corrected chi connectivity index (χ3v) is 3.38. The Bertz CT molecular complexity index is 416. The molecule has 2 rings (SSSR count). The van der Waals surface area contributed by atoms with Crippen LogP contribution >= 0.6 is 12.2 Å². The molecule has 1 aliphatic rings. The molecule has 0 radical (unpaired) electrons. The number of aromatic nitrogens is 1. The Morgan fingerprint density at radius 3 is 3.00 bits per heavy atom. The normalized spacial score (nSPS) is 22.9. The second kappa shape index (κ2) is 5.60. The van der Waals surface area contributed by atoms with E-state index in [0.29, 0.717) is 18.1 Å². The van der Waals surface area contributed by atoms with Crippen LogP contribution in [0.1, 0.15) is 12.0 Å². The molecule has 1 aromatic rings. The van der Waals surface area contributed by atoms with Crippen molar-refractivity contribution < 1.29 is 9.47 Å². The average molecular weight is 267 g/mol. The molecular weight excluding hydrogens is 250 g/mol. The quantitative estimate of drug-likeness (QED) is 0.774. The molecule has 0 bridgehead atoms. The van der Waals surface area contributed by atoms with E-state index >= 15 is 0 Å². The number of hydrogen-bond donors (Lipinski definition) is 2. The number of hydrogen-bond acceptors (Lipinski definition) is 5. The zero-order valence-corrected chi connectivity index (χ0v) is 11.1. The van der Waals surface area contributed by atoms with Gasteiger partial charge in [-0.15, -0.1) is 0 Å². The molecule has 2 heterocycles. The highest BCUT2D eigenvalue weighted by Crippen LogP contribution is 2.22. The van der Waals surface area contributed by atoms with Gasteiger partial charge >= 0.3 is 0 Å². The van der Waals surface area contributed by atoms with E-state index in [2.05, 4.69) is 10.3 Å². The minimum atomic E-state index is -0.247. The lowest BCUT2D eigenvalue weighted by Gasteiger charge is -2.26. The summed E-state index contributed by atoms with van der Waals surface area (Å²) in [7, 11) is 1.71. The van der Waals surface area contributed by atoms with Crippen molar-refractivity contribution in [3.05, 3.63) is 23.9 Å². The van der Waals surface area contributed by atoms with Crippen molar-refractivity contribution >= 4 is 23.0 Å². The summed E-state index contributed by atoms with van der Waals surface area (Å²) in [5.74, 6) is 0.776. The molecule has 1 aromatic heterocycles. The lowest BCUT2D eigenvalue weighted by atomic mass is 10.0. The van der Waals surface area contributed by atoms with E-state index in [-0.39, 0.29) is 5.60 Å². The highest BCUT2D eigenvalue weighted by atomic mass is 32.1. The van der Waals surface area contributed by atoms with Crippen LogP contribution in [0.3, 0.4) is 0 Å². The second-order valence-electron chi connectivity index (χ2n) is 4.34. The molecule has 0 aromatic carbocycles. The largest absolute Gasteiger partial charge is 0.389 e. The highest BCUT2D eigenvalue weighted by molar-refractivity contribution is 7.80. The van der Waals surface area contributed by atoms with E-state index in [0.717, 1.165) is 24.4 Å². The zero-order chi connectivity index (χ0) is 13.0. The number of ether oxygens (including phenoxy) is 2. The minimum Gasteiger partial charge on any atom is -0.389 e. The number of nitrogens with two attached hydrogens (primary N) is 1. The third kappa shape index (κ3) is 2.95. The second-order valence-corrected chi connectivity index (χ2v) is 4.78. The van der Waals surface area contributed by atoms with Crippen LogP contribution in [0.5, 0.6) is 0 Å². The first kappa shape index (κ1) is 13.2. The van der Waals surface area contributed by atoms with E-state index in [1.54, 1.807) is 13.3 Å². The molecule has 1 fully saturated rings. The van der Waals surface area contributed by atoms with E-state index in [9.17, 15) is 0 Å². The molecule has 0 spiro atoms. The smallest absolute Gasteiger partial charge is 0.126 e. The summed E-state index contributed by atoms with van der Waals surface area (Å²) in [5, 5.41) is 3.24. The fraction of sp³-hybridized carbons (Fsp3) is 0.500. The number of nitrogens with zero attached hydrogens (tertiary/aromatic N) is 1. The minimum absolute atomic E-state index is 0.247. The number of pyridine rings is 1. The van der Waals surface area contributed by atoms with Crippen molar-refractivity contribution in [2.75, 3.05) is 32.2 Å². The van der Waals surface area contributed by atoms with Gasteiger partial charge < -0.3 is 20.5 Å². The third-order valence-electron chi connectivity index (χ3n) is 3.14. The van der Waals surface area contributed by atoms with Gasteiger partial charge in [-0.2, -0.15) is 0 Å². The first-order valence-corrected chi connectivity index (χ1v) is 6.19. The van der Waals surface area contributed by atoms with Crippen molar-refractivity contribution in [2.24, 2.45) is 5.73 Å². The topological polar surface area (TPSA) is 69.4 Å². The van der Waals surface area contributed by atoms with E-state index in [1.807, 2.05) is 12.1 Å². The molecule has 0 aliphatic carbocycles. The molecule has 3 N–H and O–H groups in total. The van der Waals surface area contributed by atoms with Crippen LogP contribution in [0.25, 0.3) is 0 Å². The molecule has 1 unspecified atom stereocenters. The van der Waals surface area contributed by atoms with Crippen LogP contribution in [-0.2, 0) is 9.47 Å². The highest BCUT2D eigenvalue weighted by Gasteiger charge is 2.34. The molecule has 1 atom stereocenters. The van der Waals surface area contributed by atoms with Gasteiger partial charge in [0.1, 0.15) is 16.4 Å². The fourth-order valence-electron chi connectivity index (χ4n) is 1.86. The molecule has 0 saturated carbocycles. The van der Waals surface area contributed by atoms with Crippen molar-refractivity contribution in [1.29, 1.82) is 0 Å². The monoisotopic (exact) mass is 267 g/mol. The van der Waals surface area contributed by atoms with E-state index in [4.69, 9.17) is 27.4 Å². The molecule has 1 saturated heterocycles. The van der Waals surface area contributed by atoms with Crippen LogP contribution in [0.15, 0.2) is 18.3 Å². The maximum absolute atomic E-state index is 5.53. The Kier molecular flexibility index (Phi) is 4.11. The lowest BCUT2D eigenvalue weighted by Crippen LogP contribution is -2.39. The standard InChI is InChI=1S/C12H17N3O2S/c1-16-12(4-5-17-8-12)7-15-10-3-2-9(6-14-10)11(13)18/h2-3,6H,4-5,7-8H2,1H3,(H2,13,18)(H,14,15). The van der Waals surface area contributed by atoms with Gasteiger partial charge in [-0.3, -0.25) is 0 Å². The summed E-state index contributed by atoms with van der Waals surface area (Å²) < 4.78 is 10.9. The summed E-state index contributed by atoms with van der Waals surface area (Å²) in [5.41, 5.74) is 6.03. The number of methoxy groups -OCH3 is 1. The van der Waals surface area contributed by atoms with Crippen molar-refractivity contribution in [2.45, 2.75) is 12.0 Å². The van der Waals surface area contributed by atoms with Crippen molar-refractivity contribution in [3.63, 3.8) is 0 Å². The lowest BCUT2D eigenvalue weighted by molar-refractivity contribution is -0.00625. The number of thiocarbonyl (C=S) groups is 1. The molecule has 1 aliphatic heterocycles. The molecule has 98 valence electrons. The predicted octanol–water partition coefficient (Wildman–Crippen LogP) is 0.933. The molecule has 18 heavy (non-hydrogen) atoms. The fourth-order valence-corrected chi connectivity index (χ4v) is 1.98. The first-order chi connectivity index (χ1) is 8.65. The van der Waals surface area contributed by atoms with Gasteiger partial charge in [0.25, 0.3) is 0 Å². The predicted molar refractivity (Wildman–Crippen MR) is 73.8 cm³/mol.